The summed E-state index contributed by atoms with van der Waals surface area (Å²) in [6.45, 7) is 5.99. The Labute approximate surface area is 147 Å². The van der Waals surface area contributed by atoms with E-state index in [1.807, 2.05) is 13.0 Å². The van der Waals surface area contributed by atoms with Crippen LogP contribution in [0.1, 0.15) is 28.4 Å². The molecule has 0 aliphatic carbocycles. The predicted octanol–water partition coefficient (Wildman–Crippen LogP) is 4.04. The van der Waals surface area contributed by atoms with Gasteiger partial charge in [0.15, 0.2) is 5.78 Å². The number of Topliss-reactive ketones (excluding diaryl/α,β-unsaturated/α-hetero) is 1. The molecule has 24 heavy (non-hydrogen) atoms. The normalized spacial score (nSPS) is 12.7. The van der Waals surface area contributed by atoms with Gasteiger partial charge in [0, 0.05) is 16.1 Å². The first kappa shape index (κ1) is 18.5. The molecule has 0 heterocycles. The number of ketones is 1. The van der Waals surface area contributed by atoms with Crippen molar-refractivity contribution in [3.63, 3.8) is 0 Å². The van der Waals surface area contributed by atoms with Crippen molar-refractivity contribution in [1.29, 1.82) is 0 Å². The maximum Gasteiger partial charge on any atom is 0.229 e. The van der Waals surface area contributed by atoms with Gasteiger partial charge in [0.05, 0.1) is 11.5 Å². The van der Waals surface area contributed by atoms with Gasteiger partial charge in [-0.2, -0.15) is 0 Å². The van der Waals surface area contributed by atoms with Crippen LogP contribution in [0.3, 0.4) is 0 Å². The Kier molecular flexibility index (Phi) is 5.72. The van der Waals surface area contributed by atoms with E-state index < -0.39 is 10.0 Å². The van der Waals surface area contributed by atoms with Crippen LogP contribution in [0.5, 0.6) is 0 Å². The molecule has 2 aromatic rings. The van der Waals surface area contributed by atoms with Crippen LogP contribution in [-0.4, -0.2) is 25.7 Å². The summed E-state index contributed by atoms with van der Waals surface area (Å²) < 4.78 is 24.8. The maximum atomic E-state index is 12.5. The van der Waals surface area contributed by atoms with E-state index in [1.54, 1.807) is 24.3 Å². The number of anilines is 1. The third-order valence-electron chi connectivity index (χ3n) is 3.63. The molecule has 0 spiro atoms. The van der Waals surface area contributed by atoms with E-state index in [0.29, 0.717) is 11.3 Å². The molecule has 0 radical (unpaired) electrons. The average molecular weight is 364 g/mol. The van der Waals surface area contributed by atoms with E-state index in [4.69, 9.17) is 0 Å². The van der Waals surface area contributed by atoms with Crippen LogP contribution in [0.15, 0.2) is 47.4 Å². The number of nitrogens with one attached hydrogen (secondary N) is 1. The van der Waals surface area contributed by atoms with Crippen molar-refractivity contribution in [2.75, 3.05) is 11.0 Å². The van der Waals surface area contributed by atoms with E-state index in [0.717, 1.165) is 11.2 Å². The van der Waals surface area contributed by atoms with Gasteiger partial charge in [-0.3, -0.25) is 9.52 Å². The molecule has 6 heteroatoms. The number of benzene rings is 2. The number of hydrogen-bond donors (Lipinski definition) is 1. The minimum atomic E-state index is -3.31. The highest BCUT2D eigenvalue weighted by molar-refractivity contribution is 8.00. The second kappa shape index (κ2) is 7.40. The minimum Gasteiger partial charge on any atom is -0.293 e. The lowest BCUT2D eigenvalue weighted by atomic mass is 10.1. The quantitative estimate of drug-likeness (QED) is 0.621. The van der Waals surface area contributed by atoms with Gasteiger partial charge in [-0.1, -0.05) is 6.07 Å². The second-order valence-corrected chi connectivity index (χ2v) is 8.98. The number of hydrogen-bond acceptors (Lipinski definition) is 4. The molecule has 1 N–H and O–H groups in total. The molecular weight excluding hydrogens is 342 g/mol. The van der Waals surface area contributed by atoms with Gasteiger partial charge >= 0.3 is 0 Å². The third kappa shape index (κ3) is 5.11. The molecule has 2 rings (SSSR count). The minimum absolute atomic E-state index is 0.0177. The molecular formula is C18H21NO3S2. The van der Waals surface area contributed by atoms with Gasteiger partial charge in [-0.05, 0) is 68.3 Å². The zero-order chi connectivity index (χ0) is 17.9. The summed E-state index contributed by atoms with van der Waals surface area (Å²) in [5.41, 5.74) is 3.45. The molecule has 4 nitrogen and oxygen atoms in total. The van der Waals surface area contributed by atoms with Crippen molar-refractivity contribution in [3.05, 3.63) is 59.2 Å². The standard InChI is InChI=1S/C18H21NO3S2/c1-12-5-10-17(11-13(12)2)23-14(3)18(20)15-6-8-16(9-7-15)19-24(4,21)22/h5-11,14,19H,1-4H3. The fourth-order valence-electron chi connectivity index (χ4n) is 2.20. The fourth-order valence-corrected chi connectivity index (χ4v) is 3.80. The molecule has 0 bridgehead atoms. The summed E-state index contributed by atoms with van der Waals surface area (Å²) in [4.78, 5) is 13.6. The Balaban J connectivity index is 2.08. The van der Waals surface area contributed by atoms with E-state index in [-0.39, 0.29) is 11.0 Å². The van der Waals surface area contributed by atoms with Crippen molar-refractivity contribution in [1.82, 2.24) is 0 Å². The van der Waals surface area contributed by atoms with Crippen LogP contribution in [0.4, 0.5) is 5.69 Å². The zero-order valence-corrected chi connectivity index (χ0v) is 15.8. The second-order valence-electron chi connectivity index (χ2n) is 5.82. The highest BCUT2D eigenvalue weighted by atomic mass is 32.2. The van der Waals surface area contributed by atoms with Gasteiger partial charge in [0.25, 0.3) is 0 Å². The summed E-state index contributed by atoms with van der Waals surface area (Å²) in [5, 5.41) is -0.221. The van der Waals surface area contributed by atoms with E-state index in [9.17, 15) is 13.2 Å². The summed E-state index contributed by atoms with van der Waals surface area (Å²) in [6, 6.07) is 12.7. The van der Waals surface area contributed by atoms with Crippen LogP contribution in [-0.2, 0) is 10.0 Å². The van der Waals surface area contributed by atoms with Crippen LogP contribution in [0, 0.1) is 13.8 Å². The number of sulfonamides is 1. The van der Waals surface area contributed by atoms with Crippen LogP contribution in [0.2, 0.25) is 0 Å². The topological polar surface area (TPSA) is 63.2 Å². The van der Waals surface area contributed by atoms with Crippen LogP contribution >= 0.6 is 11.8 Å². The fraction of sp³-hybridized carbons (Fsp3) is 0.278. The lowest BCUT2D eigenvalue weighted by Gasteiger charge is -2.12. The molecule has 0 aliphatic heterocycles. The molecule has 0 amide bonds. The average Bonchev–Trinajstić information content (AvgIpc) is 2.49. The first-order valence-electron chi connectivity index (χ1n) is 7.52. The number of carbonyl (C=O) groups is 1. The molecule has 0 aliphatic rings. The molecule has 1 atom stereocenters. The van der Waals surface area contributed by atoms with Crippen LogP contribution in [0.25, 0.3) is 0 Å². The zero-order valence-electron chi connectivity index (χ0n) is 14.2. The highest BCUT2D eigenvalue weighted by Crippen LogP contribution is 2.27. The molecule has 0 aromatic heterocycles. The number of thioether (sulfide) groups is 1. The number of rotatable bonds is 6. The third-order valence-corrected chi connectivity index (χ3v) is 5.33. The van der Waals surface area contributed by atoms with Crippen molar-refractivity contribution in [2.24, 2.45) is 0 Å². The SMILES string of the molecule is Cc1ccc(SC(C)C(=O)c2ccc(NS(C)(=O)=O)cc2)cc1C. The molecule has 0 fully saturated rings. The smallest absolute Gasteiger partial charge is 0.229 e. The van der Waals surface area contributed by atoms with Crippen molar-refractivity contribution in [2.45, 2.75) is 30.9 Å². The van der Waals surface area contributed by atoms with Crippen molar-refractivity contribution in [3.8, 4) is 0 Å². The van der Waals surface area contributed by atoms with E-state index >= 15 is 0 Å². The molecule has 1 unspecified atom stereocenters. The highest BCUT2D eigenvalue weighted by Gasteiger charge is 2.17. The number of aryl methyl sites for hydroxylation is 2. The lowest BCUT2D eigenvalue weighted by Crippen LogP contribution is -2.14. The van der Waals surface area contributed by atoms with Crippen LogP contribution < -0.4 is 4.72 Å². The molecule has 128 valence electrons. The molecule has 2 aromatic carbocycles. The number of carbonyl (C=O) groups excluding carboxylic acids is 1. The van der Waals surface area contributed by atoms with Gasteiger partial charge in [-0.15, -0.1) is 11.8 Å². The Morgan fingerprint density at radius 2 is 1.67 bits per heavy atom. The molecule has 0 saturated heterocycles. The largest absolute Gasteiger partial charge is 0.293 e. The van der Waals surface area contributed by atoms with E-state index in [1.165, 1.54) is 22.9 Å². The Hall–Kier alpha value is -1.79. The van der Waals surface area contributed by atoms with Gasteiger partial charge in [0.1, 0.15) is 0 Å². The first-order valence-corrected chi connectivity index (χ1v) is 10.3. The lowest BCUT2D eigenvalue weighted by molar-refractivity contribution is 0.0994. The Morgan fingerprint density at radius 1 is 1.04 bits per heavy atom. The summed E-state index contributed by atoms with van der Waals surface area (Å²) >= 11 is 1.52. The summed E-state index contributed by atoms with van der Waals surface area (Å²) in [5.74, 6) is 0.0177. The van der Waals surface area contributed by atoms with Gasteiger partial charge in [-0.25, -0.2) is 8.42 Å². The van der Waals surface area contributed by atoms with Crippen molar-refractivity contribution < 1.29 is 13.2 Å². The van der Waals surface area contributed by atoms with Crippen molar-refractivity contribution >= 4 is 33.3 Å². The Bertz CT molecular complexity index is 843. The van der Waals surface area contributed by atoms with Gasteiger partial charge in [0.2, 0.25) is 10.0 Å². The summed E-state index contributed by atoms with van der Waals surface area (Å²) in [7, 11) is -3.31. The Morgan fingerprint density at radius 3 is 2.21 bits per heavy atom. The van der Waals surface area contributed by atoms with E-state index in [2.05, 4.69) is 30.7 Å². The first-order chi connectivity index (χ1) is 11.2. The maximum absolute atomic E-state index is 12.5. The van der Waals surface area contributed by atoms with Gasteiger partial charge < -0.3 is 0 Å². The predicted molar refractivity (Wildman–Crippen MR) is 100 cm³/mol. The summed E-state index contributed by atoms with van der Waals surface area (Å²) in [6.07, 6.45) is 1.09. The molecule has 0 saturated carbocycles. The monoisotopic (exact) mass is 363 g/mol.